The number of hydrogen-bond acceptors (Lipinski definition) is 2. The highest BCUT2D eigenvalue weighted by atomic mass is 19.4. The van der Waals surface area contributed by atoms with Gasteiger partial charge in [-0.1, -0.05) is 12.1 Å². The summed E-state index contributed by atoms with van der Waals surface area (Å²) in [6, 6.07) is 4.63. The molecule has 0 spiro atoms. The number of carbonyl (C=O) groups is 1. The lowest BCUT2D eigenvalue weighted by Crippen LogP contribution is -2.20. The standard InChI is InChI=1S/C12H11F3O2/c1-7-3-4-9(5-8(7)2)10(16)6-11(17)12(13,14)15/h3-6,16H,1-2H3. The maximum Gasteiger partial charge on any atom is 0.454 e. The molecule has 0 aliphatic rings. The van der Waals surface area contributed by atoms with Gasteiger partial charge in [-0.05, 0) is 31.0 Å². The highest BCUT2D eigenvalue weighted by molar-refractivity contribution is 5.99. The second kappa shape index (κ2) is 4.61. The number of aliphatic hydroxyl groups excluding tert-OH is 1. The van der Waals surface area contributed by atoms with Gasteiger partial charge in [0.15, 0.2) is 0 Å². The number of aryl methyl sites for hydroxylation is 2. The van der Waals surface area contributed by atoms with Crippen molar-refractivity contribution in [1.29, 1.82) is 0 Å². The number of alkyl halides is 3. The van der Waals surface area contributed by atoms with Crippen LogP contribution in [0.2, 0.25) is 0 Å². The van der Waals surface area contributed by atoms with Gasteiger partial charge in [-0.25, -0.2) is 0 Å². The van der Waals surface area contributed by atoms with E-state index in [-0.39, 0.29) is 11.6 Å². The summed E-state index contributed by atoms with van der Waals surface area (Å²) in [6.07, 6.45) is -4.78. The molecule has 0 unspecified atom stereocenters. The van der Waals surface area contributed by atoms with Crippen molar-refractivity contribution in [2.24, 2.45) is 0 Å². The third-order valence-corrected chi connectivity index (χ3v) is 2.35. The van der Waals surface area contributed by atoms with Gasteiger partial charge in [-0.15, -0.1) is 0 Å². The van der Waals surface area contributed by atoms with Crippen LogP contribution < -0.4 is 0 Å². The molecule has 0 atom stereocenters. The van der Waals surface area contributed by atoms with Crippen LogP contribution in [0.3, 0.4) is 0 Å². The number of benzene rings is 1. The van der Waals surface area contributed by atoms with Gasteiger partial charge >= 0.3 is 6.18 Å². The highest BCUT2D eigenvalue weighted by Gasteiger charge is 2.36. The van der Waals surface area contributed by atoms with Gasteiger partial charge in [0.05, 0.1) is 0 Å². The average Bonchev–Trinajstić information content (AvgIpc) is 2.20. The number of allylic oxidation sites excluding steroid dienone is 1. The van der Waals surface area contributed by atoms with Crippen LogP contribution in [0.1, 0.15) is 16.7 Å². The second-order valence-corrected chi connectivity index (χ2v) is 3.69. The molecule has 0 fully saturated rings. The fourth-order valence-electron chi connectivity index (χ4n) is 1.19. The molecule has 0 heterocycles. The molecule has 0 aliphatic heterocycles. The zero-order valence-corrected chi connectivity index (χ0v) is 9.30. The lowest BCUT2D eigenvalue weighted by molar-refractivity contribution is -0.165. The van der Waals surface area contributed by atoms with E-state index in [1.807, 2.05) is 6.92 Å². The van der Waals surface area contributed by atoms with Crippen LogP contribution >= 0.6 is 0 Å². The molecule has 0 aromatic heterocycles. The lowest BCUT2D eigenvalue weighted by atomic mass is 10.0. The van der Waals surface area contributed by atoms with E-state index in [1.165, 1.54) is 12.1 Å². The first-order valence-electron chi connectivity index (χ1n) is 4.81. The minimum atomic E-state index is -4.96. The maximum absolute atomic E-state index is 12.0. The van der Waals surface area contributed by atoms with Gasteiger partial charge in [0.2, 0.25) is 0 Å². The molecular formula is C12H11F3O2. The largest absolute Gasteiger partial charge is 0.507 e. The molecule has 1 N–H and O–H groups in total. The molecule has 0 aliphatic carbocycles. The van der Waals surface area contributed by atoms with Crippen LogP contribution in [0.5, 0.6) is 0 Å². The predicted molar refractivity (Wildman–Crippen MR) is 57.6 cm³/mol. The summed E-state index contributed by atoms with van der Waals surface area (Å²) in [6.45, 7) is 3.60. The van der Waals surface area contributed by atoms with E-state index in [2.05, 4.69) is 0 Å². The maximum atomic E-state index is 12.0. The molecule has 2 nitrogen and oxygen atoms in total. The van der Waals surface area contributed by atoms with Crippen LogP contribution in [0.25, 0.3) is 5.76 Å². The molecule has 1 rings (SSSR count). The van der Waals surface area contributed by atoms with E-state index in [0.29, 0.717) is 0 Å². The van der Waals surface area contributed by atoms with Crippen LogP contribution in [0.15, 0.2) is 24.3 Å². The highest BCUT2D eigenvalue weighted by Crippen LogP contribution is 2.21. The Bertz CT molecular complexity index is 473. The minimum absolute atomic E-state index is 0.185. The topological polar surface area (TPSA) is 37.3 Å². The van der Waals surface area contributed by atoms with Gasteiger partial charge in [0, 0.05) is 11.6 Å². The Morgan fingerprint density at radius 2 is 1.82 bits per heavy atom. The molecular weight excluding hydrogens is 233 g/mol. The van der Waals surface area contributed by atoms with Gasteiger partial charge in [-0.2, -0.15) is 13.2 Å². The SMILES string of the molecule is Cc1ccc(C(O)=CC(=O)C(F)(F)F)cc1C. The van der Waals surface area contributed by atoms with Gasteiger partial charge in [0.1, 0.15) is 5.76 Å². The summed E-state index contributed by atoms with van der Waals surface area (Å²) >= 11 is 0. The predicted octanol–water partition coefficient (Wildman–Crippen LogP) is 3.33. The van der Waals surface area contributed by atoms with Gasteiger partial charge < -0.3 is 5.11 Å². The molecule has 1 aromatic rings. The summed E-state index contributed by atoms with van der Waals surface area (Å²) < 4.78 is 35.9. The van der Waals surface area contributed by atoms with Crippen LogP contribution in [0, 0.1) is 13.8 Å². The van der Waals surface area contributed by atoms with Crippen molar-refractivity contribution in [1.82, 2.24) is 0 Å². The molecule has 5 heteroatoms. The van der Waals surface area contributed by atoms with Crippen molar-refractivity contribution in [3.05, 3.63) is 41.0 Å². The Kier molecular flexibility index (Phi) is 3.60. The van der Waals surface area contributed by atoms with Crippen LogP contribution in [0.4, 0.5) is 13.2 Å². The average molecular weight is 244 g/mol. The summed E-state index contributed by atoms with van der Waals surface area (Å²) in [4.78, 5) is 10.6. The van der Waals surface area contributed by atoms with Crippen molar-refractivity contribution in [2.45, 2.75) is 20.0 Å². The zero-order chi connectivity index (χ0) is 13.2. The normalized spacial score (nSPS) is 12.6. The van der Waals surface area contributed by atoms with E-state index in [1.54, 1.807) is 13.0 Å². The van der Waals surface area contributed by atoms with Crippen molar-refractivity contribution in [3.63, 3.8) is 0 Å². The molecule has 0 saturated heterocycles. The summed E-state index contributed by atoms with van der Waals surface area (Å²) in [5.41, 5.74) is 1.95. The van der Waals surface area contributed by atoms with Crippen molar-refractivity contribution in [3.8, 4) is 0 Å². The quantitative estimate of drug-likeness (QED) is 0.640. The van der Waals surface area contributed by atoms with E-state index in [4.69, 9.17) is 0 Å². The first kappa shape index (κ1) is 13.3. The Balaban J connectivity index is 3.04. The molecule has 0 radical (unpaired) electrons. The number of ketones is 1. The summed E-state index contributed by atoms with van der Waals surface area (Å²) in [7, 11) is 0. The Labute approximate surface area is 96.4 Å². The Morgan fingerprint density at radius 3 is 2.29 bits per heavy atom. The smallest absolute Gasteiger partial charge is 0.454 e. The van der Waals surface area contributed by atoms with Crippen LogP contribution in [-0.4, -0.2) is 17.1 Å². The monoisotopic (exact) mass is 244 g/mol. The van der Waals surface area contributed by atoms with E-state index < -0.39 is 17.7 Å². The van der Waals surface area contributed by atoms with E-state index in [9.17, 15) is 23.1 Å². The third kappa shape index (κ3) is 3.34. The van der Waals surface area contributed by atoms with Crippen molar-refractivity contribution < 1.29 is 23.1 Å². The third-order valence-electron chi connectivity index (χ3n) is 2.35. The number of hydrogen-bond donors (Lipinski definition) is 1. The first-order chi connectivity index (χ1) is 7.71. The molecule has 0 bridgehead atoms. The number of halogens is 3. The van der Waals surface area contributed by atoms with E-state index >= 15 is 0 Å². The fourth-order valence-corrected chi connectivity index (χ4v) is 1.19. The zero-order valence-electron chi connectivity index (χ0n) is 9.30. The van der Waals surface area contributed by atoms with Crippen molar-refractivity contribution >= 4 is 11.5 Å². The van der Waals surface area contributed by atoms with Crippen LogP contribution in [-0.2, 0) is 4.79 Å². The van der Waals surface area contributed by atoms with Gasteiger partial charge in [-0.3, -0.25) is 4.79 Å². The molecule has 17 heavy (non-hydrogen) atoms. The number of aliphatic hydroxyl groups is 1. The number of carbonyl (C=O) groups excluding carboxylic acids is 1. The number of rotatable bonds is 2. The van der Waals surface area contributed by atoms with E-state index in [0.717, 1.165) is 11.1 Å². The first-order valence-corrected chi connectivity index (χ1v) is 4.81. The molecule has 0 amide bonds. The molecule has 92 valence electrons. The van der Waals surface area contributed by atoms with Gasteiger partial charge in [0.25, 0.3) is 5.78 Å². The summed E-state index contributed by atoms with van der Waals surface area (Å²) in [5.74, 6) is -2.76. The minimum Gasteiger partial charge on any atom is -0.507 e. The molecule has 1 aromatic carbocycles. The second-order valence-electron chi connectivity index (χ2n) is 3.69. The Hall–Kier alpha value is -1.78. The lowest BCUT2D eigenvalue weighted by Gasteiger charge is -2.05. The Morgan fingerprint density at radius 1 is 1.24 bits per heavy atom. The van der Waals surface area contributed by atoms with Crippen molar-refractivity contribution in [2.75, 3.05) is 0 Å². The fraction of sp³-hybridized carbons (Fsp3) is 0.250. The summed E-state index contributed by atoms with van der Waals surface area (Å²) in [5, 5.41) is 9.41. The molecule has 0 saturated carbocycles.